The average molecular weight is 243 g/mol. The van der Waals surface area contributed by atoms with Gasteiger partial charge in [-0.05, 0) is 16.9 Å². The third-order valence-electron chi connectivity index (χ3n) is 2.55. The van der Waals surface area contributed by atoms with Crippen LogP contribution in [0.1, 0.15) is 25.6 Å². The third-order valence-corrected chi connectivity index (χ3v) is 3.45. The molecule has 0 bridgehead atoms. The molecule has 3 nitrogen and oxygen atoms in total. The molecule has 0 aliphatic carbocycles. The zero-order valence-electron chi connectivity index (χ0n) is 10.4. The van der Waals surface area contributed by atoms with Gasteiger partial charge >= 0.3 is 0 Å². The van der Waals surface area contributed by atoms with Gasteiger partial charge in [-0.3, -0.25) is 0 Å². The van der Waals surface area contributed by atoms with Gasteiger partial charge in [0.1, 0.15) is 5.75 Å². The first-order valence-electron chi connectivity index (χ1n) is 5.44. The van der Waals surface area contributed by atoms with Crippen molar-refractivity contribution in [3.8, 4) is 5.75 Å². The summed E-state index contributed by atoms with van der Waals surface area (Å²) in [5.74, 6) is 0.919. The second-order valence-corrected chi connectivity index (χ2v) is 5.93. The largest absolute Gasteiger partial charge is 0.496 e. The van der Waals surface area contributed by atoms with E-state index in [0.717, 1.165) is 12.3 Å². The minimum Gasteiger partial charge on any atom is -0.496 e. The standard InChI is InChI=1S/C12H21NO2S/c1-12(2,3)11(14)8-13-7-10-9(15-4)5-6-16-10/h5-6,11,13-14H,7-8H2,1-4H3. The molecule has 1 aromatic rings. The van der Waals surface area contributed by atoms with Crippen molar-refractivity contribution >= 4 is 11.3 Å². The highest BCUT2D eigenvalue weighted by Gasteiger charge is 2.21. The Bertz CT molecular complexity index is 317. The highest BCUT2D eigenvalue weighted by atomic mass is 32.1. The van der Waals surface area contributed by atoms with Crippen LogP contribution < -0.4 is 10.1 Å². The molecule has 92 valence electrons. The molecular weight excluding hydrogens is 222 g/mol. The molecule has 0 spiro atoms. The van der Waals surface area contributed by atoms with Crippen molar-refractivity contribution < 1.29 is 9.84 Å². The second-order valence-electron chi connectivity index (χ2n) is 4.92. The first-order valence-corrected chi connectivity index (χ1v) is 6.32. The van der Waals surface area contributed by atoms with E-state index in [1.54, 1.807) is 18.4 Å². The van der Waals surface area contributed by atoms with Crippen LogP contribution >= 0.6 is 11.3 Å². The molecule has 0 amide bonds. The molecule has 4 heteroatoms. The summed E-state index contributed by atoms with van der Waals surface area (Å²) in [4.78, 5) is 1.17. The molecule has 0 aliphatic rings. The van der Waals surface area contributed by atoms with Crippen LogP contribution in [0.5, 0.6) is 5.75 Å². The fraction of sp³-hybridized carbons (Fsp3) is 0.667. The van der Waals surface area contributed by atoms with E-state index in [-0.39, 0.29) is 11.5 Å². The lowest BCUT2D eigenvalue weighted by molar-refractivity contribution is 0.0628. The summed E-state index contributed by atoms with van der Waals surface area (Å²) in [5.41, 5.74) is -0.0768. The predicted molar refractivity (Wildman–Crippen MR) is 68.0 cm³/mol. The minimum absolute atomic E-state index is 0.0768. The van der Waals surface area contributed by atoms with Crippen molar-refractivity contribution in [1.82, 2.24) is 5.32 Å². The number of aliphatic hydroxyl groups is 1. The second kappa shape index (κ2) is 5.66. The van der Waals surface area contributed by atoms with Crippen molar-refractivity contribution in [2.75, 3.05) is 13.7 Å². The van der Waals surface area contributed by atoms with Crippen LogP contribution in [-0.4, -0.2) is 24.9 Å². The Labute approximate surface area is 101 Å². The van der Waals surface area contributed by atoms with Crippen LogP contribution in [0.3, 0.4) is 0 Å². The highest BCUT2D eigenvalue weighted by molar-refractivity contribution is 7.10. The maximum absolute atomic E-state index is 9.85. The number of methoxy groups -OCH3 is 1. The predicted octanol–water partition coefficient (Wildman–Crippen LogP) is 2.25. The first-order chi connectivity index (χ1) is 7.45. The molecule has 1 heterocycles. The lowest BCUT2D eigenvalue weighted by Crippen LogP contribution is -2.36. The van der Waals surface area contributed by atoms with Crippen molar-refractivity contribution in [3.63, 3.8) is 0 Å². The molecule has 0 aliphatic heterocycles. The maximum Gasteiger partial charge on any atom is 0.134 e. The summed E-state index contributed by atoms with van der Waals surface area (Å²) in [6.07, 6.45) is -0.335. The topological polar surface area (TPSA) is 41.5 Å². The number of nitrogens with one attached hydrogen (secondary N) is 1. The number of thiophene rings is 1. The van der Waals surface area contributed by atoms with Crippen molar-refractivity contribution in [2.24, 2.45) is 5.41 Å². The molecule has 0 fully saturated rings. The van der Waals surface area contributed by atoms with Crippen LogP contribution in [-0.2, 0) is 6.54 Å². The number of ether oxygens (including phenoxy) is 1. The zero-order chi connectivity index (χ0) is 12.2. The van der Waals surface area contributed by atoms with Crippen molar-refractivity contribution in [3.05, 3.63) is 16.3 Å². The summed E-state index contributed by atoms with van der Waals surface area (Å²) in [7, 11) is 1.68. The van der Waals surface area contributed by atoms with Gasteiger partial charge in [0.15, 0.2) is 0 Å². The van der Waals surface area contributed by atoms with E-state index in [4.69, 9.17) is 4.74 Å². The van der Waals surface area contributed by atoms with Gasteiger partial charge in [-0.2, -0.15) is 0 Å². The average Bonchev–Trinajstić information content (AvgIpc) is 2.63. The molecule has 0 aromatic carbocycles. The molecule has 0 radical (unpaired) electrons. The molecular formula is C12H21NO2S. The Kier molecular flexibility index (Phi) is 4.77. The summed E-state index contributed by atoms with van der Waals surface area (Å²) in [5, 5.41) is 15.1. The SMILES string of the molecule is COc1ccsc1CNCC(O)C(C)(C)C. The third kappa shape index (κ3) is 3.77. The molecule has 0 saturated carbocycles. The Morgan fingerprint density at radius 2 is 2.19 bits per heavy atom. The van der Waals surface area contributed by atoms with E-state index in [2.05, 4.69) is 5.32 Å². The van der Waals surface area contributed by atoms with Gasteiger partial charge in [-0.25, -0.2) is 0 Å². The quantitative estimate of drug-likeness (QED) is 0.833. The van der Waals surface area contributed by atoms with E-state index in [1.165, 1.54) is 4.88 Å². The normalized spacial score (nSPS) is 13.8. The van der Waals surface area contributed by atoms with Gasteiger partial charge in [0.2, 0.25) is 0 Å². The van der Waals surface area contributed by atoms with E-state index in [9.17, 15) is 5.11 Å². The fourth-order valence-corrected chi connectivity index (χ4v) is 2.08. The Hall–Kier alpha value is -0.580. The van der Waals surface area contributed by atoms with E-state index in [1.807, 2.05) is 32.2 Å². The number of hydrogen-bond acceptors (Lipinski definition) is 4. The number of aliphatic hydroxyl groups excluding tert-OH is 1. The Morgan fingerprint density at radius 1 is 1.50 bits per heavy atom. The Balaban J connectivity index is 2.36. The number of hydrogen-bond donors (Lipinski definition) is 2. The molecule has 1 rings (SSSR count). The van der Waals surface area contributed by atoms with E-state index < -0.39 is 0 Å². The van der Waals surface area contributed by atoms with E-state index in [0.29, 0.717) is 6.54 Å². The molecule has 16 heavy (non-hydrogen) atoms. The smallest absolute Gasteiger partial charge is 0.134 e. The monoisotopic (exact) mass is 243 g/mol. The van der Waals surface area contributed by atoms with Crippen LogP contribution in [0.2, 0.25) is 0 Å². The van der Waals surface area contributed by atoms with Crippen LogP contribution in [0.4, 0.5) is 0 Å². The molecule has 2 N–H and O–H groups in total. The number of rotatable bonds is 5. The lowest BCUT2D eigenvalue weighted by Gasteiger charge is -2.25. The maximum atomic E-state index is 9.85. The highest BCUT2D eigenvalue weighted by Crippen LogP contribution is 2.24. The molecule has 1 aromatic heterocycles. The molecule has 1 atom stereocenters. The van der Waals surface area contributed by atoms with Gasteiger partial charge < -0.3 is 15.2 Å². The van der Waals surface area contributed by atoms with Crippen LogP contribution in [0.15, 0.2) is 11.4 Å². The summed E-state index contributed by atoms with van der Waals surface area (Å²) >= 11 is 1.66. The van der Waals surface area contributed by atoms with Gasteiger partial charge in [0, 0.05) is 13.1 Å². The van der Waals surface area contributed by atoms with Crippen molar-refractivity contribution in [2.45, 2.75) is 33.4 Å². The minimum atomic E-state index is -0.335. The summed E-state index contributed by atoms with van der Waals surface area (Å²) in [6.45, 7) is 7.44. The summed E-state index contributed by atoms with van der Waals surface area (Å²) in [6, 6.07) is 1.96. The van der Waals surface area contributed by atoms with Gasteiger partial charge in [-0.15, -0.1) is 11.3 Å². The van der Waals surface area contributed by atoms with Crippen LogP contribution in [0, 0.1) is 5.41 Å². The van der Waals surface area contributed by atoms with Gasteiger partial charge in [-0.1, -0.05) is 20.8 Å². The molecule has 1 unspecified atom stereocenters. The summed E-state index contributed by atoms with van der Waals surface area (Å²) < 4.78 is 5.22. The fourth-order valence-electron chi connectivity index (χ4n) is 1.27. The van der Waals surface area contributed by atoms with Gasteiger partial charge in [0.25, 0.3) is 0 Å². The van der Waals surface area contributed by atoms with E-state index >= 15 is 0 Å². The first kappa shape index (κ1) is 13.5. The lowest BCUT2D eigenvalue weighted by atomic mass is 9.89. The van der Waals surface area contributed by atoms with Crippen molar-refractivity contribution in [1.29, 1.82) is 0 Å². The Morgan fingerprint density at radius 3 is 2.75 bits per heavy atom. The van der Waals surface area contributed by atoms with Gasteiger partial charge in [0.05, 0.1) is 18.1 Å². The zero-order valence-corrected chi connectivity index (χ0v) is 11.2. The van der Waals surface area contributed by atoms with Crippen LogP contribution in [0.25, 0.3) is 0 Å². The molecule has 0 saturated heterocycles.